The fourth-order valence-electron chi connectivity index (χ4n) is 3.73. The van der Waals surface area contributed by atoms with E-state index in [2.05, 4.69) is 15.5 Å². The van der Waals surface area contributed by atoms with Crippen LogP contribution in [0.2, 0.25) is 0 Å². The van der Waals surface area contributed by atoms with E-state index in [1.165, 1.54) is 0 Å². The minimum absolute atomic E-state index is 0.00284. The summed E-state index contributed by atoms with van der Waals surface area (Å²) in [5, 5.41) is 15.9. The number of carboxylic acids is 1. The zero-order chi connectivity index (χ0) is 24.8. The molecule has 1 atom stereocenters. The van der Waals surface area contributed by atoms with Crippen molar-refractivity contribution in [1.82, 2.24) is 10.1 Å². The molecule has 2 aromatic heterocycles. The lowest BCUT2D eigenvalue weighted by molar-refractivity contribution is -0.136. The lowest BCUT2D eigenvalue weighted by atomic mass is 10.00. The zero-order valence-electron chi connectivity index (χ0n) is 19.4. The minimum Gasteiger partial charge on any atom is -0.481 e. The van der Waals surface area contributed by atoms with Crippen molar-refractivity contribution in [3.05, 3.63) is 101 Å². The number of amides is 1. The third-order valence-electron chi connectivity index (χ3n) is 5.46. The van der Waals surface area contributed by atoms with Gasteiger partial charge in [-0.25, -0.2) is 4.79 Å². The maximum absolute atomic E-state index is 12.5. The number of ether oxygens (including phenoxy) is 1. The Bertz CT molecular complexity index is 1320. The third-order valence-corrected chi connectivity index (χ3v) is 5.46. The number of hydrogen-bond donors (Lipinski definition) is 2. The van der Waals surface area contributed by atoms with Gasteiger partial charge in [0, 0.05) is 11.8 Å². The molecule has 0 aliphatic heterocycles. The normalized spacial score (nSPS) is 11.6. The van der Waals surface area contributed by atoms with E-state index in [-0.39, 0.29) is 6.42 Å². The Morgan fingerprint density at radius 3 is 2.51 bits per heavy atom. The highest BCUT2D eigenvalue weighted by Crippen LogP contribution is 2.31. The molecule has 2 heterocycles. The van der Waals surface area contributed by atoms with Crippen LogP contribution in [-0.4, -0.2) is 27.3 Å². The van der Waals surface area contributed by atoms with E-state index in [1.807, 2.05) is 54.6 Å². The standard InChI is InChI=1S/C27H25N3O5/c1-17(23-8-3-4-13-28-23)34-27(33)29-25-18(2)35-30-26(25)22-11-9-19(10-12-22)14-20-6-5-7-21(15-20)16-24(31)32/h3-13,15,17H,14,16H2,1-2H3,(H,29,33)(H,31,32)/t17-/m1/s1. The van der Waals surface area contributed by atoms with E-state index in [0.29, 0.717) is 29.3 Å². The molecule has 0 radical (unpaired) electrons. The molecule has 2 N–H and O–H groups in total. The van der Waals surface area contributed by atoms with E-state index >= 15 is 0 Å². The van der Waals surface area contributed by atoms with Gasteiger partial charge in [-0.2, -0.15) is 0 Å². The number of nitrogens with one attached hydrogen (secondary N) is 1. The van der Waals surface area contributed by atoms with E-state index in [1.54, 1.807) is 32.2 Å². The van der Waals surface area contributed by atoms with Crippen molar-refractivity contribution in [3.63, 3.8) is 0 Å². The van der Waals surface area contributed by atoms with Crippen LogP contribution in [0.5, 0.6) is 0 Å². The molecule has 0 aliphatic carbocycles. The molecule has 0 fully saturated rings. The first-order valence-corrected chi connectivity index (χ1v) is 11.1. The Morgan fingerprint density at radius 1 is 1.03 bits per heavy atom. The molecule has 0 spiro atoms. The molecule has 35 heavy (non-hydrogen) atoms. The molecule has 1 amide bonds. The van der Waals surface area contributed by atoms with Gasteiger partial charge in [-0.15, -0.1) is 0 Å². The maximum Gasteiger partial charge on any atom is 0.412 e. The maximum atomic E-state index is 12.5. The second-order valence-electron chi connectivity index (χ2n) is 8.15. The first-order chi connectivity index (χ1) is 16.9. The number of benzene rings is 2. The van der Waals surface area contributed by atoms with Gasteiger partial charge in [0.2, 0.25) is 0 Å². The van der Waals surface area contributed by atoms with Crippen molar-refractivity contribution >= 4 is 17.7 Å². The summed E-state index contributed by atoms with van der Waals surface area (Å²) in [5.41, 5.74) is 5.22. The molecule has 8 heteroatoms. The summed E-state index contributed by atoms with van der Waals surface area (Å²) in [4.78, 5) is 27.7. The average Bonchev–Trinajstić information content (AvgIpc) is 3.19. The SMILES string of the molecule is Cc1onc(-c2ccc(Cc3cccc(CC(=O)O)c3)cc2)c1NC(=O)O[C@H](C)c1ccccn1. The number of carboxylic acid groups (broad SMARTS) is 1. The molecule has 8 nitrogen and oxygen atoms in total. The molecule has 0 bridgehead atoms. The summed E-state index contributed by atoms with van der Waals surface area (Å²) >= 11 is 0. The van der Waals surface area contributed by atoms with Crippen LogP contribution in [-0.2, 0) is 22.4 Å². The Labute approximate surface area is 202 Å². The van der Waals surface area contributed by atoms with Crippen LogP contribution in [0.25, 0.3) is 11.3 Å². The van der Waals surface area contributed by atoms with Crippen molar-refractivity contribution in [1.29, 1.82) is 0 Å². The van der Waals surface area contributed by atoms with Gasteiger partial charge in [0.25, 0.3) is 0 Å². The summed E-state index contributed by atoms with van der Waals surface area (Å²) in [7, 11) is 0. The summed E-state index contributed by atoms with van der Waals surface area (Å²) in [6.45, 7) is 3.46. The highest BCUT2D eigenvalue weighted by molar-refractivity contribution is 5.91. The van der Waals surface area contributed by atoms with Gasteiger partial charge in [-0.1, -0.05) is 59.8 Å². The summed E-state index contributed by atoms with van der Waals surface area (Å²) in [6.07, 6.45) is 1.15. The number of rotatable bonds is 8. The van der Waals surface area contributed by atoms with Crippen molar-refractivity contribution in [2.24, 2.45) is 0 Å². The number of aliphatic carboxylic acids is 1. The van der Waals surface area contributed by atoms with Gasteiger partial charge >= 0.3 is 12.1 Å². The van der Waals surface area contributed by atoms with Crippen LogP contribution in [0.4, 0.5) is 10.5 Å². The average molecular weight is 472 g/mol. The summed E-state index contributed by atoms with van der Waals surface area (Å²) in [5.74, 6) is -0.393. The highest BCUT2D eigenvalue weighted by Gasteiger charge is 2.20. The van der Waals surface area contributed by atoms with Gasteiger partial charge in [0.05, 0.1) is 12.1 Å². The van der Waals surface area contributed by atoms with Crippen molar-refractivity contribution in [2.75, 3.05) is 5.32 Å². The Kier molecular flexibility index (Phi) is 7.21. The second-order valence-corrected chi connectivity index (χ2v) is 8.15. The topological polar surface area (TPSA) is 115 Å². The molecule has 2 aromatic carbocycles. The molecule has 0 aliphatic rings. The van der Waals surface area contributed by atoms with E-state index in [9.17, 15) is 9.59 Å². The predicted octanol–water partition coefficient (Wildman–Crippen LogP) is 5.57. The van der Waals surface area contributed by atoms with Gasteiger partial charge < -0.3 is 14.4 Å². The van der Waals surface area contributed by atoms with Crippen LogP contribution in [0, 0.1) is 6.92 Å². The molecule has 178 valence electrons. The predicted molar refractivity (Wildman–Crippen MR) is 130 cm³/mol. The first kappa shape index (κ1) is 23.7. The van der Waals surface area contributed by atoms with Crippen LogP contribution in [0.3, 0.4) is 0 Å². The summed E-state index contributed by atoms with van der Waals surface area (Å²) in [6, 6.07) is 20.7. The quantitative estimate of drug-likeness (QED) is 0.345. The molecule has 0 saturated heterocycles. The molecule has 4 aromatic rings. The highest BCUT2D eigenvalue weighted by atomic mass is 16.6. The zero-order valence-corrected chi connectivity index (χ0v) is 19.4. The smallest absolute Gasteiger partial charge is 0.412 e. The third kappa shape index (κ3) is 6.11. The van der Waals surface area contributed by atoms with E-state index in [0.717, 1.165) is 22.3 Å². The number of carbonyl (C=O) groups is 2. The number of aryl methyl sites for hydroxylation is 1. The Hall–Kier alpha value is -4.46. The largest absolute Gasteiger partial charge is 0.481 e. The van der Waals surface area contributed by atoms with Crippen molar-refractivity contribution < 1.29 is 24.0 Å². The minimum atomic E-state index is -0.853. The number of aromatic nitrogens is 2. The Balaban J connectivity index is 1.45. The second kappa shape index (κ2) is 10.6. The lowest BCUT2D eigenvalue weighted by Gasteiger charge is -2.13. The number of pyridine rings is 1. The van der Waals surface area contributed by atoms with Gasteiger partial charge in [0.1, 0.15) is 17.5 Å². The van der Waals surface area contributed by atoms with Crippen molar-refractivity contribution in [2.45, 2.75) is 32.8 Å². The molecular formula is C27H25N3O5. The van der Waals surface area contributed by atoms with Crippen molar-refractivity contribution in [3.8, 4) is 11.3 Å². The van der Waals surface area contributed by atoms with Gasteiger partial charge in [-0.05, 0) is 49.1 Å². The number of carbonyl (C=O) groups excluding carboxylic acids is 1. The Morgan fingerprint density at radius 2 is 1.80 bits per heavy atom. The van der Waals surface area contributed by atoms with Crippen LogP contribution in [0.15, 0.2) is 77.4 Å². The van der Waals surface area contributed by atoms with Crippen LogP contribution < -0.4 is 5.32 Å². The van der Waals surface area contributed by atoms with Crippen LogP contribution in [0.1, 0.15) is 41.2 Å². The number of anilines is 1. The first-order valence-electron chi connectivity index (χ1n) is 11.1. The molecular weight excluding hydrogens is 446 g/mol. The lowest BCUT2D eigenvalue weighted by Crippen LogP contribution is -2.17. The van der Waals surface area contributed by atoms with Crippen LogP contribution >= 0.6 is 0 Å². The van der Waals surface area contributed by atoms with E-state index in [4.69, 9.17) is 14.4 Å². The molecule has 0 unspecified atom stereocenters. The fraction of sp³-hybridized carbons (Fsp3) is 0.185. The van der Waals surface area contributed by atoms with E-state index < -0.39 is 18.2 Å². The monoisotopic (exact) mass is 471 g/mol. The van der Waals surface area contributed by atoms with Gasteiger partial charge in [0.15, 0.2) is 5.76 Å². The molecule has 0 saturated carbocycles. The fourth-order valence-corrected chi connectivity index (χ4v) is 3.73. The number of hydrogen-bond acceptors (Lipinski definition) is 6. The van der Waals surface area contributed by atoms with Gasteiger partial charge in [-0.3, -0.25) is 15.1 Å². The molecule has 4 rings (SSSR count). The summed E-state index contributed by atoms with van der Waals surface area (Å²) < 4.78 is 10.8. The number of nitrogens with zero attached hydrogens (tertiary/aromatic N) is 2.